The molecule has 128 valence electrons. The Bertz CT molecular complexity index is 840. The third-order valence-corrected chi connectivity index (χ3v) is 5.28. The van der Waals surface area contributed by atoms with Crippen LogP contribution in [-0.4, -0.2) is 23.9 Å². The Morgan fingerprint density at radius 3 is 2.96 bits per heavy atom. The van der Waals surface area contributed by atoms with E-state index >= 15 is 0 Å². The second kappa shape index (κ2) is 6.68. The predicted octanol–water partition coefficient (Wildman–Crippen LogP) is 2.53. The number of hydrogen-bond donors (Lipinski definition) is 2. The number of nitrogens with one attached hydrogen (secondary N) is 2. The van der Waals surface area contributed by atoms with Crippen molar-refractivity contribution in [3.8, 4) is 11.5 Å². The molecular formula is C18H16N2O4S. The van der Waals surface area contributed by atoms with Gasteiger partial charge in [-0.2, -0.15) is 0 Å². The van der Waals surface area contributed by atoms with Crippen molar-refractivity contribution < 1.29 is 19.1 Å². The van der Waals surface area contributed by atoms with E-state index in [1.54, 1.807) is 0 Å². The molecule has 2 aromatic carbocycles. The van der Waals surface area contributed by atoms with Crippen molar-refractivity contribution in [2.45, 2.75) is 23.1 Å². The highest BCUT2D eigenvalue weighted by molar-refractivity contribution is 8.01. The summed E-state index contributed by atoms with van der Waals surface area (Å²) >= 11 is 1.42. The van der Waals surface area contributed by atoms with Gasteiger partial charge in [-0.05, 0) is 29.8 Å². The predicted molar refractivity (Wildman–Crippen MR) is 93.7 cm³/mol. The molecule has 2 aliphatic heterocycles. The number of thioether (sulfide) groups is 1. The van der Waals surface area contributed by atoms with Gasteiger partial charge in [0, 0.05) is 17.9 Å². The number of amides is 2. The van der Waals surface area contributed by atoms with Gasteiger partial charge in [0.15, 0.2) is 11.5 Å². The molecule has 2 amide bonds. The molecule has 2 aliphatic rings. The number of carbonyl (C=O) groups excluding carboxylic acids is 2. The number of fused-ring (bicyclic) bond motifs is 2. The van der Waals surface area contributed by atoms with Gasteiger partial charge in [-0.25, -0.2) is 0 Å². The Hall–Kier alpha value is -2.67. The van der Waals surface area contributed by atoms with E-state index in [1.165, 1.54) is 11.8 Å². The van der Waals surface area contributed by atoms with Crippen LogP contribution in [0.2, 0.25) is 0 Å². The molecule has 0 bridgehead atoms. The van der Waals surface area contributed by atoms with Gasteiger partial charge in [0.05, 0.1) is 10.9 Å². The first-order valence-electron chi connectivity index (χ1n) is 7.91. The largest absolute Gasteiger partial charge is 0.454 e. The van der Waals surface area contributed by atoms with Crippen LogP contribution in [0, 0.1) is 0 Å². The van der Waals surface area contributed by atoms with Gasteiger partial charge in [0.25, 0.3) is 0 Å². The molecule has 0 saturated heterocycles. The topological polar surface area (TPSA) is 76.7 Å². The molecule has 7 heteroatoms. The fourth-order valence-electron chi connectivity index (χ4n) is 2.72. The van der Waals surface area contributed by atoms with Crippen molar-refractivity contribution >= 4 is 29.3 Å². The number of carbonyl (C=O) groups is 2. The third kappa shape index (κ3) is 3.41. The third-order valence-electron chi connectivity index (χ3n) is 4.00. The zero-order valence-electron chi connectivity index (χ0n) is 13.3. The highest BCUT2D eigenvalue weighted by Gasteiger charge is 2.28. The summed E-state index contributed by atoms with van der Waals surface area (Å²) in [6.07, 6.45) is 0.134. The maximum absolute atomic E-state index is 12.2. The summed E-state index contributed by atoms with van der Waals surface area (Å²) < 4.78 is 10.6. The second-order valence-corrected chi connectivity index (χ2v) is 7.00. The van der Waals surface area contributed by atoms with Crippen LogP contribution in [0.5, 0.6) is 11.5 Å². The van der Waals surface area contributed by atoms with Gasteiger partial charge >= 0.3 is 0 Å². The number of hydrogen-bond acceptors (Lipinski definition) is 5. The van der Waals surface area contributed by atoms with E-state index in [0.29, 0.717) is 18.0 Å². The maximum atomic E-state index is 12.2. The molecule has 2 N–H and O–H groups in total. The average molecular weight is 356 g/mol. The van der Waals surface area contributed by atoms with Crippen molar-refractivity contribution in [3.05, 3.63) is 48.0 Å². The monoisotopic (exact) mass is 356 g/mol. The molecule has 1 atom stereocenters. The Labute approximate surface area is 148 Å². The molecule has 0 spiro atoms. The first-order chi connectivity index (χ1) is 12.2. The molecule has 25 heavy (non-hydrogen) atoms. The molecule has 6 nitrogen and oxygen atoms in total. The quantitative estimate of drug-likeness (QED) is 0.880. The first-order valence-corrected chi connectivity index (χ1v) is 8.79. The lowest BCUT2D eigenvalue weighted by Crippen LogP contribution is -2.34. The van der Waals surface area contributed by atoms with Crippen molar-refractivity contribution in [3.63, 3.8) is 0 Å². The summed E-state index contributed by atoms with van der Waals surface area (Å²) in [4.78, 5) is 25.3. The molecule has 0 saturated carbocycles. The molecule has 2 aromatic rings. The molecule has 0 aromatic heterocycles. The highest BCUT2D eigenvalue weighted by Crippen LogP contribution is 2.36. The van der Waals surface area contributed by atoms with Crippen LogP contribution < -0.4 is 20.1 Å². The summed E-state index contributed by atoms with van der Waals surface area (Å²) in [5, 5.41) is 5.28. The van der Waals surface area contributed by atoms with Crippen molar-refractivity contribution in [2.24, 2.45) is 0 Å². The second-order valence-electron chi connectivity index (χ2n) is 5.76. The van der Waals surface area contributed by atoms with Crippen LogP contribution >= 0.6 is 11.8 Å². The number of ether oxygens (including phenoxy) is 2. The molecule has 4 rings (SSSR count). The van der Waals surface area contributed by atoms with Gasteiger partial charge in [0.1, 0.15) is 0 Å². The zero-order chi connectivity index (χ0) is 17.2. The van der Waals surface area contributed by atoms with Crippen LogP contribution in [0.4, 0.5) is 5.69 Å². The lowest BCUT2D eigenvalue weighted by atomic mass is 10.2. The minimum absolute atomic E-state index is 0.134. The standard InChI is InChI=1S/C18H16N2O4S/c21-17(19-9-11-5-6-13-14(7-11)24-10-23-13)8-16-18(22)20-12-3-1-2-4-15(12)25-16/h1-7,16H,8-10H2,(H,19,21)(H,20,22)/t16-/m1/s1. The summed E-state index contributed by atoms with van der Waals surface area (Å²) in [6, 6.07) is 13.1. The molecule has 2 heterocycles. The lowest BCUT2D eigenvalue weighted by Gasteiger charge is -2.23. The van der Waals surface area contributed by atoms with Crippen LogP contribution in [0.3, 0.4) is 0 Å². The van der Waals surface area contributed by atoms with Gasteiger partial charge < -0.3 is 20.1 Å². The van der Waals surface area contributed by atoms with E-state index in [4.69, 9.17) is 9.47 Å². The summed E-state index contributed by atoms with van der Waals surface area (Å²) in [6.45, 7) is 0.603. The van der Waals surface area contributed by atoms with Gasteiger partial charge in [0.2, 0.25) is 18.6 Å². The summed E-state index contributed by atoms with van der Waals surface area (Å²) in [5.74, 6) is 1.10. The molecule has 0 fully saturated rings. The van der Waals surface area contributed by atoms with Crippen molar-refractivity contribution in [2.75, 3.05) is 12.1 Å². The lowest BCUT2D eigenvalue weighted by molar-refractivity contribution is -0.124. The number of anilines is 1. The minimum Gasteiger partial charge on any atom is -0.454 e. The Kier molecular flexibility index (Phi) is 4.23. The maximum Gasteiger partial charge on any atom is 0.238 e. The normalized spacial score (nSPS) is 17.6. The zero-order valence-corrected chi connectivity index (χ0v) is 14.1. The van der Waals surface area contributed by atoms with E-state index in [0.717, 1.165) is 16.1 Å². The van der Waals surface area contributed by atoms with Crippen LogP contribution in [0.1, 0.15) is 12.0 Å². The summed E-state index contributed by atoms with van der Waals surface area (Å²) in [7, 11) is 0. The molecule has 0 unspecified atom stereocenters. The van der Waals surface area contributed by atoms with Crippen molar-refractivity contribution in [1.29, 1.82) is 0 Å². The Morgan fingerprint density at radius 2 is 2.04 bits per heavy atom. The van der Waals surface area contributed by atoms with Crippen LogP contribution in [-0.2, 0) is 16.1 Å². The SMILES string of the molecule is O=C(C[C@H]1Sc2ccccc2NC1=O)NCc1ccc2c(c1)OCO2. The average Bonchev–Trinajstić information content (AvgIpc) is 3.08. The van der Waals surface area contributed by atoms with Gasteiger partial charge in [-0.3, -0.25) is 9.59 Å². The number of para-hydroxylation sites is 1. The number of benzene rings is 2. The van der Waals surface area contributed by atoms with E-state index in [9.17, 15) is 9.59 Å². The Morgan fingerprint density at radius 1 is 1.20 bits per heavy atom. The minimum atomic E-state index is -0.424. The fraction of sp³-hybridized carbons (Fsp3) is 0.222. The first kappa shape index (κ1) is 15.8. The summed E-state index contributed by atoms with van der Waals surface area (Å²) in [5.41, 5.74) is 1.72. The highest BCUT2D eigenvalue weighted by atomic mass is 32.2. The van der Waals surface area contributed by atoms with Gasteiger partial charge in [-0.1, -0.05) is 18.2 Å². The number of rotatable bonds is 4. The van der Waals surface area contributed by atoms with Crippen LogP contribution in [0.25, 0.3) is 0 Å². The van der Waals surface area contributed by atoms with E-state index in [-0.39, 0.29) is 25.0 Å². The smallest absolute Gasteiger partial charge is 0.238 e. The van der Waals surface area contributed by atoms with Crippen molar-refractivity contribution in [1.82, 2.24) is 5.32 Å². The molecular weight excluding hydrogens is 340 g/mol. The van der Waals surface area contributed by atoms with E-state index in [2.05, 4.69) is 10.6 Å². The molecule has 0 radical (unpaired) electrons. The van der Waals surface area contributed by atoms with Gasteiger partial charge in [-0.15, -0.1) is 11.8 Å². The van der Waals surface area contributed by atoms with Crippen LogP contribution in [0.15, 0.2) is 47.4 Å². The fourth-order valence-corrected chi connectivity index (χ4v) is 3.83. The van der Waals surface area contributed by atoms with E-state index in [1.807, 2.05) is 42.5 Å². The van der Waals surface area contributed by atoms with E-state index < -0.39 is 5.25 Å². The Balaban J connectivity index is 1.34. The molecule has 0 aliphatic carbocycles.